The van der Waals surface area contributed by atoms with Gasteiger partial charge in [-0.1, -0.05) is 11.6 Å². The van der Waals surface area contributed by atoms with E-state index in [0.29, 0.717) is 23.7 Å². The predicted molar refractivity (Wildman–Crippen MR) is 83.0 cm³/mol. The fourth-order valence-electron chi connectivity index (χ4n) is 3.98. The Balaban J connectivity index is 1.71. The van der Waals surface area contributed by atoms with Crippen LogP contribution in [0.1, 0.15) is 25.7 Å². The number of anilines is 2. The van der Waals surface area contributed by atoms with E-state index >= 15 is 0 Å². The van der Waals surface area contributed by atoms with Crippen LogP contribution in [0.2, 0.25) is 5.02 Å². The van der Waals surface area contributed by atoms with Crippen molar-refractivity contribution in [2.75, 3.05) is 23.4 Å². The van der Waals surface area contributed by atoms with Gasteiger partial charge in [-0.3, -0.25) is 9.69 Å². The van der Waals surface area contributed by atoms with E-state index in [1.165, 1.54) is 12.8 Å². The Bertz CT molecular complexity index is 581. The number of fused-ring (bicyclic) bond motifs is 3. The molecule has 1 aromatic rings. The average molecular weight is 307 g/mol. The number of hydrogen-bond acceptors (Lipinski definition) is 4. The fourth-order valence-corrected chi connectivity index (χ4v) is 4.14. The van der Waals surface area contributed by atoms with Gasteiger partial charge in [0.25, 0.3) is 0 Å². The monoisotopic (exact) mass is 306 g/mol. The van der Waals surface area contributed by atoms with Crippen LogP contribution < -0.4 is 15.1 Å². The van der Waals surface area contributed by atoms with Gasteiger partial charge in [-0.05, 0) is 31.7 Å². The van der Waals surface area contributed by atoms with Gasteiger partial charge in [0.05, 0.1) is 17.3 Å². The third-order valence-corrected chi connectivity index (χ3v) is 5.11. The fraction of sp³-hybridized carbons (Fsp3) is 0.600. The molecule has 1 aromatic heterocycles. The summed E-state index contributed by atoms with van der Waals surface area (Å²) in [6.07, 6.45) is 6.13. The molecule has 2 saturated heterocycles. The first-order valence-electron chi connectivity index (χ1n) is 7.56. The zero-order valence-electron chi connectivity index (χ0n) is 12.1. The van der Waals surface area contributed by atoms with Gasteiger partial charge in [0, 0.05) is 31.4 Å². The Morgan fingerprint density at radius 1 is 1.33 bits per heavy atom. The zero-order chi connectivity index (χ0) is 14.6. The molecular weight excluding hydrogens is 288 g/mol. The molecule has 21 heavy (non-hydrogen) atoms. The summed E-state index contributed by atoms with van der Waals surface area (Å²) >= 11 is 6.07. The molecule has 4 heterocycles. The minimum absolute atomic E-state index is 0.145. The molecule has 3 atom stereocenters. The largest absolute Gasteiger partial charge is 0.362 e. The van der Waals surface area contributed by atoms with Crippen molar-refractivity contribution in [2.24, 2.45) is 0 Å². The van der Waals surface area contributed by atoms with Crippen molar-refractivity contribution in [1.82, 2.24) is 10.3 Å². The number of aromatic nitrogens is 1. The quantitative estimate of drug-likeness (QED) is 0.859. The molecule has 0 aliphatic carbocycles. The number of piperidine rings is 1. The summed E-state index contributed by atoms with van der Waals surface area (Å²) in [6.45, 7) is 0.397. The van der Waals surface area contributed by atoms with E-state index < -0.39 is 0 Å². The molecule has 112 valence electrons. The first-order chi connectivity index (χ1) is 10.1. The maximum Gasteiger partial charge on any atom is 0.247 e. The number of rotatable bonds is 1. The van der Waals surface area contributed by atoms with Gasteiger partial charge in [0.15, 0.2) is 5.82 Å². The number of nitrogens with zero attached hydrogens (tertiary/aromatic N) is 3. The van der Waals surface area contributed by atoms with Crippen molar-refractivity contribution >= 4 is 29.0 Å². The Morgan fingerprint density at radius 2 is 2.05 bits per heavy atom. The van der Waals surface area contributed by atoms with E-state index in [1.807, 2.05) is 22.9 Å². The first-order valence-corrected chi connectivity index (χ1v) is 7.94. The van der Waals surface area contributed by atoms with Gasteiger partial charge in [-0.2, -0.15) is 0 Å². The lowest BCUT2D eigenvalue weighted by Gasteiger charge is -2.42. The number of nitrogens with one attached hydrogen (secondary N) is 1. The number of hydrogen-bond donors (Lipinski definition) is 1. The second-order valence-corrected chi connectivity index (χ2v) is 6.82. The molecule has 0 saturated carbocycles. The van der Waals surface area contributed by atoms with Gasteiger partial charge < -0.3 is 10.2 Å². The molecule has 5 nitrogen and oxygen atoms in total. The van der Waals surface area contributed by atoms with Gasteiger partial charge in [-0.25, -0.2) is 4.98 Å². The summed E-state index contributed by atoms with van der Waals surface area (Å²) in [5, 5.41) is 4.24. The Hall–Kier alpha value is -1.33. The maximum absolute atomic E-state index is 12.6. The average Bonchev–Trinajstić information content (AvgIpc) is 2.78. The normalized spacial score (nSPS) is 31.5. The van der Waals surface area contributed by atoms with Crippen LogP contribution in [0.25, 0.3) is 0 Å². The number of carbonyl (C=O) groups excluding carboxylic acids is 1. The van der Waals surface area contributed by atoms with Crippen molar-refractivity contribution in [3.63, 3.8) is 0 Å². The standard InChI is InChI=1S/C15H19ClN4O/c1-19-8-14(21)20(15-13(19)4-9(16)7-17-15)12-5-10-2-3-11(6-12)18-10/h4,7,10-12,18H,2-3,5-6,8H2,1H3/t10-,11+,12?. The number of pyridine rings is 1. The van der Waals surface area contributed by atoms with E-state index in [2.05, 4.69) is 10.3 Å². The second-order valence-electron chi connectivity index (χ2n) is 6.38. The highest BCUT2D eigenvalue weighted by Crippen LogP contribution is 2.38. The highest BCUT2D eigenvalue weighted by molar-refractivity contribution is 6.31. The molecule has 4 rings (SSSR count). The molecule has 1 N–H and O–H groups in total. The SMILES string of the molecule is CN1CC(=O)N(C2C[C@H]3CC[C@@H](C2)N3)c2ncc(Cl)cc21. The van der Waals surface area contributed by atoms with Gasteiger partial charge in [0.2, 0.25) is 5.91 Å². The third-order valence-electron chi connectivity index (χ3n) is 4.91. The lowest BCUT2D eigenvalue weighted by molar-refractivity contribution is -0.118. The van der Waals surface area contributed by atoms with E-state index in [-0.39, 0.29) is 11.9 Å². The smallest absolute Gasteiger partial charge is 0.247 e. The van der Waals surface area contributed by atoms with Crippen LogP contribution in [0.4, 0.5) is 11.5 Å². The third kappa shape index (κ3) is 2.19. The number of halogens is 1. The first kappa shape index (κ1) is 13.3. The second kappa shape index (κ2) is 4.85. The Labute approximate surface area is 129 Å². The van der Waals surface area contributed by atoms with Crippen molar-refractivity contribution in [3.05, 3.63) is 17.3 Å². The number of amides is 1. The van der Waals surface area contributed by atoms with Crippen molar-refractivity contribution < 1.29 is 4.79 Å². The minimum atomic E-state index is 0.145. The van der Waals surface area contributed by atoms with Crippen LogP contribution in [0.15, 0.2) is 12.3 Å². The molecule has 0 radical (unpaired) electrons. The molecule has 0 aromatic carbocycles. The predicted octanol–water partition coefficient (Wildman–Crippen LogP) is 1.80. The topological polar surface area (TPSA) is 48.5 Å². The van der Waals surface area contributed by atoms with Crippen molar-refractivity contribution in [1.29, 1.82) is 0 Å². The summed E-state index contributed by atoms with van der Waals surface area (Å²) in [5.74, 6) is 0.913. The van der Waals surface area contributed by atoms with Crippen LogP contribution in [-0.4, -0.2) is 42.6 Å². The molecule has 1 amide bonds. The summed E-state index contributed by atoms with van der Waals surface area (Å²) in [4.78, 5) is 20.9. The Morgan fingerprint density at radius 3 is 2.76 bits per heavy atom. The molecule has 2 fully saturated rings. The molecule has 3 aliphatic rings. The molecule has 6 heteroatoms. The molecule has 3 aliphatic heterocycles. The van der Waals surface area contributed by atoms with Gasteiger partial charge in [-0.15, -0.1) is 0 Å². The van der Waals surface area contributed by atoms with Crippen LogP contribution >= 0.6 is 11.6 Å². The summed E-state index contributed by atoms with van der Waals surface area (Å²) in [6, 6.07) is 3.27. The van der Waals surface area contributed by atoms with Gasteiger partial charge >= 0.3 is 0 Å². The van der Waals surface area contributed by atoms with E-state index in [0.717, 1.165) is 24.3 Å². The Kier molecular flexibility index (Phi) is 3.08. The van der Waals surface area contributed by atoms with E-state index in [4.69, 9.17) is 11.6 Å². The lowest BCUT2D eigenvalue weighted by Crippen LogP contribution is -2.55. The molecule has 2 bridgehead atoms. The lowest BCUT2D eigenvalue weighted by atomic mass is 9.97. The molecule has 1 unspecified atom stereocenters. The van der Waals surface area contributed by atoms with Crippen LogP contribution in [0.5, 0.6) is 0 Å². The van der Waals surface area contributed by atoms with Gasteiger partial charge in [0.1, 0.15) is 0 Å². The highest BCUT2D eigenvalue weighted by Gasteiger charge is 2.41. The zero-order valence-corrected chi connectivity index (χ0v) is 12.8. The molecule has 0 spiro atoms. The van der Waals surface area contributed by atoms with Crippen LogP contribution in [0, 0.1) is 0 Å². The summed E-state index contributed by atoms with van der Waals surface area (Å²) < 4.78 is 0. The van der Waals surface area contributed by atoms with Crippen molar-refractivity contribution in [2.45, 2.75) is 43.8 Å². The summed E-state index contributed by atoms with van der Waals surface area (Å²) in [5.41, 5.74) is 0.952. The van der Waals surface area contributed by atoms with Crippen molar-refractivity contribution in [3.8, 4) is 0 Å². The summed E-state index contributed by atoms with van der Waals surface area (Å²) in [7, 11) is 1.91. The van der Waals surface area contributed by atoms with Crippen LogP contribution in [-0.2, 0) is 4.79 Å². The van der Waals surface area contributed by atoms with E-state index in [9.17, 15) is 4.79 Å². The number of likely N-dealkylation sites (N-methyl/N-ethyl adjacent to an activating group) is 1. The van der Waals surface area contributed by atoms with E-state index in [1.54, 1.807) is 6.20 Å². The number of carbonyl (C=O) groups is 1. The highest BCUT2D eigenvalue weighted by atomic mass is 35.5. The molecular formula is C15H19ClN4O. The van der Waals surface area contributed by atoms with Crippen LogP contribution in [0.3, 0.4) is 0 Å². The minimum Gasteiger partial charge on any atom is -0.362 e. The maximum atomic E-state index is 12.6.